The van der Waals surface area contributed by atoms with Crippen LogP contribution in [0.2, 0.25) is 0 Å². The molecule has 0 saturated heterocycles. The highest BCUT2D eigenvalue weighted by atomic mass is 32.1. The summed E-state index contributed by atoms with van der Waals surface area (Å²) in [7, 11) is 0. The van der Waals surface area contributed by atoms with E-state index in [0.29, 0.717) is 24.7 Å². The Morgan fingerprint density at radius 2 is 1.55 bits per heavy atom. The number of benzene rings is 3. The van der Waals surface area contributed by atoms with Gasteiger partial charge in [0.15, 0.2) is 5.11 Å². The van der Waals surface area contributed by atoms with Gasteiger partial charge in [-0.2, -0.15) is 0 Å². The Bertz CT molecular complexity index is 1060. The molecule has 0 heterocycles. The standard InChI is InChI=1S/C22H19N3O5S/c26-21(16-9-11-18(12-10-16)25(27)28)24-22(31)23-17-5-4-8-20(15-17)30-14-13-29-19-6-2-1-3-7-19/h1-12,15H,13-14H2,(H2,23,24,26,31). The molecule has 0 aliphatic carbocycles. The first-order chi connectivity index (χ1) is 15.0. The van der Waals surface area contributed by atoms with E-state index < -0.39 is 10.8 Å². The SMILES string of the molecule is O=C(NC(=S)Nc1cccc(OCCOc2ccccc2)c1)c1ccc([N+](=O)[O-])cc1. The van der Waals surface area contributed by atoms with E-state index in [0.717, 1.165) is 5.75 Å². The van der Waals surface area contributed by atoms with Crippen LogP contribution in [0.15, 0.2) is 78.9 Å². The number of rotatable bonds is 8. The first-order valence-electron chi connectivity index (χ1n) is 9.29. The van der Waals surface area contributed by atoms with Crippen molar-refractivity contribution in [3.05, 3.63) is 94.5 Å². The number of para-hydroxylation sites is 1. The number of hydrogen-bond acceptors (Lipinski definition) is 6. The van der Waals surface area contributed by atoms with E-state index in [9.17, 15) is 14.9 Å². The molecule has 8 nitrogen and oxygen atoms in total. The second-order valence-corrected chi connectivity index (χ2v) is 6.66. The Balaban J connectivity index is 1.47. The zero-order valence-corrected chi connectivity index (χ0v) is 17.1. The minimum atomic E-state index is -0.531. The molecule has 158 valence electrons. The molecular formula is C22H19N3O5S. The molecule has 3 aromatic carbocycles. The smallest absolute Gasteiger partial charge is 0.269 e. The lowest BCUT2D eigenvalue weighted by atomic mass is 10.2. The van der Waals surface area contributed by atoms with Crippen molar-refractivity contribution < 1.29 is 19.2 Å². The number of nitrogens with zero attached hydrogens (tertiary/aromatic N) is 1. The highest BCUT2D eigenvalue weighted by Crippen LogP contribution is 2.18. The minimum Gasteiger partial charge on any atom is -0.490 e. The van der Waals surface area contributed by atoms with Crippen molar-refractivity contribution in [2.75, 3.05) is 18.5 Å². The Kier molecular flexibility index (Phi) is 7.50. The Labute approximate surface area is 184 Å². The van der Waals surface area contributed by atoms with Gasteiger partial charge in [0.05, 0.1) is 4.92 Å². The van der Waals surface area contributed by atoms with Crippen LogP contribution in [0, 0.1) is 10.1 Å². The number of non-ortho nitro benzene ring substituents is 1. The first kappa shape index (κ1) is 21.7. The Hall–Kier alpha value is -3.98. The summed E-state index contributed by atoms with van der Waals surface area (Å²) in [6.07, 6.45) is 0. The van der Waals surface area contributed by atoms with E-state index in [1.165, 1.54) is 24.3 Å². The van der Waals surface area contributed by atoms with Crippen LogP contribution in [0.4, 0.5) is 11.4 Å². The van der Waals surface area contributed by atoms with Crippen molar-refractivity contribution in [3.63, 3.8) is 0 Å². The zero-order chi connectivity index (χ0) is 22.1. The molecule has 0 fully saturated rings. The number of anilines is 1. The number of amides is 1. The average Bonchev–Trinajstić information content (AvgIpc) is 2.77. The second-order valence-electron chi connectivity index (χ2n) is 6.25. The summed E-state index contributed by atoms with van der Waals surface area (Å²) in [6, 6.07) is 21.8. The molecule has 3 aromatic rings. The second kappa shape index (κ2) is 10.7. The lowest BCUT2D eigenvalue weighted by Crippen LogP contribution is -2.34. The van der Waals surface area contributed by atoms with Gasteiger partial charge in [0.2, 0.25) is 0 Å². The third-order valence-electron chi connectivity index (χ3n) is 4.02. The summed E-state index contributed by atoms with van der Waals surface area (Å²) < 4.78 is 11.3. The zero-order valence-electron chi connectivity index (χ0n) is 16.3. The minimum absolute atomic E-state index is 0.0907. The molecule has 31 heavy (non-hydrogen) atoms. The number of nitro benzene ring substituents is 1. The molecule has 0 unspecified atom stereocenters. The summed E-state index contributed by atoms with van der Waals surface area (Å²) in [4.78, 5) is 22.4. The van der Waals surface area contributed by atoms with E-state index in [-0.39, 0.29) is 16.4 Å². The predicted molar refractivity (Wildman–Crippen MR) is 121 cm³/mol. The molecule has 0 radical (unpaired) electrons. The van der Waals surface area contributed by atoms with Crippen molar-refractivity contribution in [2.45, 2.75) is 0 Å². The quantitative estimate of drug-likeness (QED) is 0.236. The summed E-state index contributed by atoms with van der Waals surface area (Å²) in [5.74, 6) is 0.916. The predicted octanol–water partition coefficient (Wildman–Crippen LogP) is 4.18. The van der Waals surface area contributed by atoms with Gasteiger partial charge in [-0.3, -0.25) is 20.2 Å². The van der Waals surface area contributed by atoms with Crippen molar-refractivity contribution in [2.24, 2.45) is 0 Å². The Morgan fingerprint density at radius 3 is 2.23 bits per heavy atom. The van der Waals surface area contributed by atoms with E-state index in [1.54, 1.807) is 24.3 Å². The maximum Gasteiger partial charge on any atom is 0.269 e. The summed E-state index contributed by atoms with van der Waals surface area (Å²) >= 11 is 5.17. The van der Waals surface area contributed by atoms with Gasteiger partial charge in [-0.1, -0.05) is 24.3 Å². The topological polar surface area (TPSA) is 103 Å². The van der Waals surface area contributed by atoms with Crippen LogP contribution in [0.5, 0.6) is 11.5 Å². The van der Waals surface area contributed by atoms with E-state index in [4.69, 9.17) is 21.7 Å². The number of hydrogen-bond donors (Lipinski definition) is 2. The van der Waals surface area contributed by atoms with E-state index in [2.05, 4.69) is 10.6 Å². The molecule has 2 N–H and O–H groups in total. The van der Waals surface area contributed by atoms with Gasteiger partial charge in [0.25, 0.3) is 11.6 Å². The first-order valence-corrected chi connectivity index (χ1v) is 9.69. The van der Waals surface area contributed by atoms with Gasteiger partial charge in [-0.05, 0) is 48.6 Å². The molecule has 9 heteroatoms. The van der Waals surface area contributed by atoms with Gasteiger partial charge < -0.3 is 14.8 Å². The molecule has 0 saturated carbocycles. The number of carbonyl (C=O) groups is 1. The molecule has 0 atom stereocenters. The van der Waals surface area contributed by atoms with Crippen molar-refractivity contribution in [1.29, 1.82) is 0 Å². The molecule has 0 aliphatic heterocycles. The fraction of sp³-hybridized carbons (Fsp3) is 0.0909. The summed E-state index contributed by atoms with van der Waals surface area (Å²) in [5.41, 5.74) is 0.795. The van der Waals surface area contributed by atoms with Crippen LogP contribution < -0.4 is 20.1 Å². The fourth-order valence-corrected chi connectivity index (χ4v) is 2.78. The number of nitro groups is 1. The molecule has 0 aromatic heterocycles. The van der Waals surface area contributed by atoms with Crippen LogP contribution in [0.3, 0.4) is 0 Å². The third-order valence-corrected chi connectivity index (χ3v) is 4.23. The molecule has 0 aliphatic rings. The third kappa shape index (κ3) is 6.79. The van der Waals surface area contributed by atoms with E-state index >= 15 is 0 Å². The number of thiocarbonyl (C=S) groups is 1. The monoisotopic (exact) mass is 437 g/mol. The summed E-state index contributed by atoms with van der Waals surface area (Å²) in [5, 5.41) is 16.2. The fourth-order valence-electron chi connectivity index (χ4n) is 2.57. The molecular weight excluding hydrogens is 418 g/mol. The Morgan fingerprint density at radius 1 is 0.903 bits per heavy atom. The molecule has 0 spiro atoms. The number of nitrogens with one attached hydrogen (secondary N) is 2. The molecule has 0 bridgehead atoms. The van der Waals surface area contributed by atoms with Gasteiger partial charge in [-0.15, -0.1) is 0 Å². The highest BCUT2D eigenvalue weighted by Gasteiger charge is 2.11. The van der Waals surface area contributed by atoms with Crippen LogP contribution in [0.25, 0.3) is 0 Å². The van der Waals surface area contributed by atoms with Crippen LogP contribution in [0.1, 0.15) is 10.4 Å². The lowest BCUT2D eigenvalue weighted by molar-refractivity contribution is -0.384. The van der Waals surface area contributed by atoms with Gasteiger partial charge in [0, 0.05) is 29.4 Å². The maximum absolute atomic E-state index is 12.2. The molecule has 3 rings (SSSR count). The summed E-state index contributed by atoms with van der Waals surface area (Å²) in [6.45, 7) is 0.755. The number of ether oxygens (including phenoxy) is 2. The number of carbonyl (C=O) groups excluding carboxylic acids is 1. The van der Waals surface area contributed by atoms with Crippen molar-refractivity contribution >= 4 is 34.6 Å². The van der Waals surface area contributed by atoms with E-state index in [1.807, 2.05) is 30.3 Å². The molecule has 1 amide bonds. The van der Waals surface area contributed by atoms with Gasteiger partial charge >= 0.3 is 0 Å². The lowest BCUT2D eigenvalue weighted by Gasteiger charge is -2.12. The van der Waals surface area contributed by atoms with Crippen molar-refractivity contribution in [3.8, 4) is 11.5 Å². The average molecular weight is 437 g/mol. The highest BCUT2D eigenvalue weighted by molar-refractivity contribution is 7.80. The van der Waals surface area contributed by atoms with Crippen LogP contribution in [-0.2, 0) is 0 Å². The van der Waals surface area contributed by atoms with Crippen molar-refractivity contribution in [1.82, 2.24) is 5.32 Å². The largest absolute Gasteiger partial charge is 0.490 e. The van der Waals surface area contributed by atoms with Gasteiger partial charge in [0.1, 0.15) is 24.7 Å². The van der Waals surface area contributed by atoms with Crippen LogP contribution >= 0.6 is 12.2 Å². The van der Waals surface area contributed by atoms with Crippen LogP contribution in [-0.4, -0.2) is 29.2 Å². The normalized spacial score (nSPS) is 10.1. The van der Waals surface area contributed by atoms with Gasteiger partial charge in [-0.25, -0.2) is 0 Å². The maximum atomic E-state index is 12.2.